The van der Waals surface area contributed by atoms with Crippen molar-refractivity contribution in [1.29, 1.82) is 0 Å². The first-order valence-corrected chi connectivity index (χ1v) is 9.87. The smallest absolute Gasteiger partial charge is 0.276 e. The number of para-hydroxylation sites is 1. The highest BCUT2D eigenvalue weighted by molar-refractivity contribution is 5.92. The van der Waals surface area contributed by atoms with Gasteiger partial charge in [-0.3, -0.25) is 4.79 Å². The van der Waals surface area contributed by atoms with Gasteiger partial charge < -0.3 is 15.1 Å². The molecule has 1 N–H and O–H groups in total. The number of carbonyl (C=O) groups excluding carboxylic acids is 1. The molecule has 0 bridgehead atoms. The number of piperidine rings is 1. The third-order valence-electron chi connectivity index (χ3n) is 5.76. The molecule has 3 heterocycles. The summed E-state index contributed by atoms with van der Waals surface area (Å²) in [6.07, 6.45) is 3.89. The zero-order valence-corrected chi connectivity index (χ0v) is 16.1. The third-order valence-corrected chi connectivity index (χ3v) is 5.76. The van der Waals surface area contributed by atoms with E-state index in [1.165, 1.54) is 11.3 Å². The fraction of sp³-hybridized carbons (Fsp3) is 0.550. The van der Waals surface area contributed by atoms with Crippen LogP contribution in [-0.4, -0.2) is 64.6 Å². The van der Waals surface area contributed by atoms with E-state index in [9.17, 15) is 4.79 Å². The summed E-state index contributed by atoms with van der Waals surface area (Å²) >= 11 is 0. The number of hydrogen-bond acceptors (Lipinski definition) is 5. The van der Waals surface area contributed by atoms with Crippen molar-refractivity contribution in [1.82, 2.24) is 25.2 Å². The molecule has 1 atom stereocenters. The van der Waals surface area contributed by atoms with E-state index in [1.54, 1.807) is 0 Å². The van der Waals surface area contributed by atoms with Crippen molar-refractivity contribution in [3.63, 3.8) is 0 Å². The molecule has 1 aromatic heterocycles. The summed E-state index contributed by atoms with van der Waals surface area (Å²) in [5.74, 6) is -0.00730. The van der Waals surface area contributed by atoms with Gasteiger partial charge in [0.25, 0.3) is 5.91 Å². The molecule has 2 aromatic rings. The van der Waals surface area contributed by atoms with E-state index in [2.05, 4.69) is 58.6 Å². The molecular weight excluding hydrogens is 340 g/mol. The van der Waals surface area contributed by atoms with E-state index in [0.717, 1.165) is 39.0 Å². The maximum absolute atomic E-state index is 13.0. The van der Waals surface area contributed by atoms with Gasteiger partial charge in [0.05, 0.1) is 12.2 Å². The highest BCUT2D eigenvalue weighted by Gasteiger charge is 2.30. The minimum Gasteiger partial charge on any atom is -0.367 e. The molecule has 1 aromatic carbocycles. The van der Waals surface area contributed by atoms with Gasteiger partial charge in [0.2, 0.25) is 0 Å². The zero-order chi connectivity index (χ0) is 18.8. The van der Waals surface area contributed by atoms with E-state index in [0.29, 0.717) is 18.3 Å². The van der Waals surface area contributed by atoms with E-state index >= 15 is 0 Å². The summed E-state index contributed by atoms with van der Waals surface area (Å²) in [4.78, 5) is 17.3. The van der Waals surface area contributed by atoms with Gasteiger partial charge in [0, 0.05) is 31.4 Å². The fourth-order valence-electron chi connectivity index (χ4n) is 4.17. The molecule has 0 saturated carbocycles. The van der Waals surface area contributed by atoms with Crippen molar-refractivity contribution in [2.45, 2.75) is 38.8 Å². The molecule has 2 saturated heterocycles. The van der Waals surface area contributed by atoms with Crippen LogP contribution in [0.1, 0.15) is 41.9 Å². The molecule has 2 fully saturated rings. The van der Waals surface area contributed by atoms with Gasteiger partial charge in [-0.2, -0.15) is 0 Å². The molecule has 7 nitrogen and oxygen atoms in total. The van der Waals surface area contributed by atoms with E-state index in [1.807, 2.05) is 15.8 Å². The summed E-state index contributed by atoms with van der Waals surface area (Å²) in [5, 5.41) is 11.8. The van der Waals surface area contributed by atoms with Crippen LogP contribution < -0.4 is 10.2 Å². The predicted octanol–water partition coefficient (Wildman–Crippen LogP) is 1.86. The van der Waals surface area contributed by atoms with Crippen LogP contribution in [0.2, 0.25) is 0 Å². The lowest BCUT2D eigenvalue weighted by Crippen LogP contribution is -2.54. The Morgan fingerprint density at radius 1 is 1.19 bits per heavy atom. The Hall–Kier alpha value is -2.41. The minimum atomic E-state index is -0.00730. The third kappa shape index (κ3) is 3.69. The zero-order valence-electron chi connectivity index (χ0n) is 16.1. The number of piperazine rings is 1. The van der Waals surface area contributed by atoms with Gasteiger partial charge in [0.15, 0.2) is 5.69 Å². The van der Waals surface area contributed by atoms with Gasteiger partial charge in [-0.1, -0.05) is 23.4 Å². The summed E-state index contributed by atoms with van der Waals surface area (Å²) in [5.41, 5.74) is 2.99. The standard InChI is InChI=1S/C20H28N6O/c1-15-5-3-4-6-19(15)24-11-12-25(16(2)13-24)20(27)18-14-26(23-22-18)17-7-9-21-10-8-17/h3-6,14,16-17,21H,7-13H2,1-2H3/t16-/m0/s1. The highest BCUT2D eigenvalue weighted by atomic mass is 16.2. The molecule has 0 unspecified atom stereocenters. The summed E-state index contributed by atoms with van der Waals surface area (Å²) in [7, 11) is 0. The molecule has 2 aliphatic rings. The second-order valence-corrected chi connectivity index (χ2v) is 7.65. The first kappa shape index (κ1) is 18.0. The lowest BCUT2D eigenvalue weighted by Gasteiger charge is -2.41. The van der Waals surface area contributed by atoms with Gasteiger partial charge in [0.1, 0.15) is 0 Å². The Morgan fingerprint density at radius 3 is 2.70 bits per heavy atom. The Kier molecular flexibility index (Phi) is 5.11. The van der Waals surface area contributed by atoms with Gasteiger partial charge in [-0.15, -0.1) is 5.10 Å². The van der Waals surface area contributed by atoms with Crippen LogP contribution in [0.5, 0.6) is 0 Å². The SMILES string of the molecule is Cc1ccccc1N1CCN(C(=O)c2cn(C3CCNCC3)nn2)[C@@H](C)C1. The largest absolute Gasteiger partial charge is 0.367 e. The van der Waals surface area contributed by atoms with Gasteiger partial charge in [-0.05, 0) is 51.4 Å². The van der Waals surface area contributed by atoms with Crippen molar-refractivity contribution in [3.05, 3.63) is 41.7 Å². The molecule has 4 rings (SSSR count). The van der Waals surface area contributed by atoms with Gasteiger partial charge in [-0.25, -0.2) is 4.68 Å². The number of anilines is 1. The van der Waals surface area contributed by atoms with Crippen molar-refractivity contribution >= 4 is 11.6 Å². The number of nitrogens with zero attached hydrogens (tertiary/aromatic N) is 5. The number of hydrogen-bond donors (Lipinski definition) is 1. The van der Waals surface area contributed by atoms with Crippen molar-refractivity contribution in [3.8, 4) is 0 Å². The van der Waals surface area contributed by atoms with Crippen LogP contribution >= 0.6 is 0 Å². The van der Waals surface area contributed by atoms with Crippen molar-refractivity contribution < 1.29 is 4.79 Å². The molecule has 2 aliphatic heterocycles. The van der Waals surface area contributed by atoms with Crippen LogP contribution in [0.15, 0.2) is 30.5 Å². The number of nitrogens with one attached hydrogen (secondary N) is 1. The predicted molar refractivity (Wildman–Crippen MR) is 105 cm³/mol. The molecule has 0 aliphatic carbocycles. The Bertz CT molecular complexity index is 797. The first-order chi connectivity index (χ1) is 13.1. The number of carbonyl (C=O) groups is 1. The van der Waals surface area contributed by atoms with Crippen LogP contribution in [0, 0.1) is 6.92 Å². The monoisotopic (exact) mass is 368 g/mol. The Labute approximate surface area is 160 Å². The number of amides is 1. The average Bonchev–Trinajstić information content (AvgIpc) is 3.19. The van der Waals surface area contributed by atoms with Crippen LogP contribution in [0.4, 0.5) is 5.69 Å². The molecule has 0 radical (unpaired) electrons. The lowest BCUT2D eigenvalue weighted by molar-refractivity contribution is 0.0668. The summed E-state index contributed by atoms with van der Waals surface area (Å²) in [6, 6.07) is 8.91. The summed E-state index contributed by atoms with van der Waals surface area (Å²) in [6.45, 7) is 8.60. The van der Waals surface area contributed by atoms with Crippen LogP contribution in [0.3, 0.4) is 0 Å². The molecule has 144 valence electrons. The second-order valence-electron chi connectivity index (χ2n) is 7.65. The minimum absolute atomic E-state index is 0.00730. The fourth-order valence-corrected chi connectivity index (χ4v) is 4.17. The molecule has 27 heavy (non-hydrogen) atoms. The highest BCUT2D eigenvalue weighted by Crippen LogP contribution is 2.24. The number of aromatic nitrogens is 3. The lowest BCUT2D eigenvalue weighted by atomic mass is 10.1. The molecule has 1 amide bonds. The van der Waals surface area contributed by atoms with E-state index in [-0.39, 0.29) is 11.9 Å². The normalized spacial score (nSPS) is 21.5. The first-order valence-electron chi connectivity index (χ1n) is 9.87. The maximum Gasteiger partial charge on any atom is 0.276 e. The Balaban J connectivity index is 1.43. The number of aryl methyl sites for hydroxylation is 1. The summed E-state index contributed by atoms with van der Waals surface area (Å²) < 4.78 is 1.88. The van der Waals surface area contributed by atoms with Crippen LogP contribution in [0.25, 0.3) is 0 Å². The molecule has 7 heteroatoms. The van der Waals surface area contributed by atoms with E-state index < -0.39 is 0 Å². The number of rotatable bonds is 3. The number of benzene rings is 1. The second kappa shape index (κ2) is 7.68. The quantitative estimate of drug-likeness (QED) is 0.896. The molecule has 0 spiro atoms. The van der Waals surface area contributed by atoms with E-state index in [4.69, 9.17) is 0 Å². The van der Waals surface area contributed by atoms with Gasteiger partial charge >= 0.3 is 0 Å². The molecular formula is C20H28N6O. The maximum atomic E-state index is 13.0. The van der Waals surface area contributed by atoms with Crippen LogP contribution in [-0.2, 0) is 0 Å². The topological polar surface area (TPSA) is 66.3 Å². The average molecular weight is 368 g/mol. The van der Waals surface area contributed by atoms with Crippen molar-refractivity contribution in [2.24, 2.45) is 0 Å². The Morgan fingerprint density at radius 2 is 1.96 bits per heavy atom. The van der Waals surface area contributed by atoms with Crippen molar-refractivity contribution in [2.75, 3.05) is 37.6 Å².